The quantitative estimate of drug-likeness (QED) is 0.389. The Bertz CT molecular complexity index is 361. The molecule has 0 aromatic heterocycles. The molecule has 0 heterocycles. The standard InChI is InChI=1S/C14H20O5/c1-12(15)19-10-14-5-3-13(4-6-14)9-18-11-17-8-7-16-2/h3-6H,7-11H2,1-2H3. The number of ether oxygens (including phenoxy) is 4. The lowest BCUT2D eigenvalue weighted by Crippen LogP contribution is -2.05. The molecule has 1 rings (SSSR count). The molecular formula is C14H20O5. The van der Waals surface area contributed by atoms with Crippen LogP contribution in [0.25, 0.3) is 0 Å². The average molecular weight is 268 g/mol. The van der Waals surface area contributed by atoms with E-state index in [1.54, 1.807) is 7.11 Å². The van der Waals surface area contributed by atoms with Crippen molar-refractivity contribution in [3.05, 3.63) is 35.4 Å². The first-order valence-electron chi connectivity index (χ1n) is 6.08. The van der Waals surface area contributed by atoms with Crippen molar-refractivity contribution in [3.63, 3.8) is 0 Å². The molecule has 106 valence electrons. The van der Waals surface area contributed by atoms with Gasteiger partial charge in [-0.2, -0.15) is 0 Å². The van der Waals surface area contributed by atoms with Crippen LogP contribution < -0.4 is 0 Å². The van der Waals surface area contributed by atoms with Crippen molar-refractivity contribution in [2.45, 2.75) is 20.1 Å². The first-order valence-corrected chi connectivity index (χ1v) is 6.08. The summed E-state index contributed by atoms with van der Waals surface area (Å²) in [5, 5.41) is 0. The van der Waals surface area contributed by atoms with Crippen LogP contribution in [-0.2, 0) is 37.0 Å². The molecule has 0 radical (unpaired) electrons. The second-order valence-electron chi connectivity index (χ2n) is 3.96. The topological polar surface area (TPSA) is 54.0 Å². The Morgan fingerprint density at radius 3 is 2.21 bits per heavy atom. The van der Waals surface area contributed by atoms with Gasteiger partial charge in [-0.25, -0.2) is 0 Å². The van der Waals surface area contributed by atoms with Crippen LogP contribution in [0.2, 0.25) is 0 Å². The molecular weight excluding hydrogens is 248 g/mol. The van der Waals surface area contributed by atoms with E-state index in [1.807, 2.05) is 24.3 Å². The van der Waals surface area contributed by atoms with Gasteiger partial charge in [0.05, 0.1) is 19.8 Å². The molecule has 5 heteroatoms. The minimum atomic E-state index is -0.277. The van der Waals surface area contributed by atoms with E-state index in [0.29, 0.717) is 26.4 Å². The predicted octanol–water partition coefficient (Wildman–Crippen LogP) is 1.89. The Balaban J connectivity index is 2.19. The molecule has 0 aliphatic heterocycles. The van der Waals surface area contributed by atoms with Gasteiger partial charge >= 0.3 is 5.97 Å². The van der Waals surface area contributed by atoms with E-state index < -0.39 is 0 Å². The maximum absolute atomic E-state index is 10.7. The molecule has 0 fully saturated rings. The second kappa shape index (κ2) is 9.49. The van der Waals surface area contributed by atoms with Crippen molar-refractivity contribution < 1.29 is 23.7 Å². The lowest BCUT2D eigenvalue weighted by molar-refractivity contribution is -0.142. The van der Waals surface area contributed by atoms with Crippen molar-refractivity contribution in [1.29, 1.82) is 0 Å². The summed E-state index contributed by atoms with van der Waals surface area (Å²) in [5.41, 5.74) is 2.00. The fraction of sp³-hybridized carbons (Fsp3) is 0.500. The van der Waals surface area contributed by atoms with E-state index in [9.17, 15) is 4.79 Å². The zero-order valence-corrected chi connectivity index (χ0v) is 11.4. The highest BCUT2D eigenvalue weighted by Gasteiger charge is 1.98. The smallest absolute Gasteiger partial charge is 0.302 e. The number of hydrogen-bond donors (Lipinski definition) is 0. The zero-order chi connectivity index (χ0) is 13.9. The summed E-state index contributed by atoms with van der Waals surface area (Å²) in [5.74, 6) is -0.277. The molecule has 0 saturated carbocycles. The van der Waals surface area contributed by atoms with Crippen molar-refractivity contribution >= 4 is 5.97 Å². The molecule has 0 saturated heterocycles. The number of carbonyl (C=O) groups is 1. The predicted molar refractivity (Wildman–Crippen MR) is 69.4 cm³/mol. The number of esters is 1. The number of rotatable bonds is 9. The highest BCUT2D eigenvalue weighted by atomic mass is 16.7. The van der Waals surface area contributed by atoms with Gasteiger partial charge in [0.15, 0.2) is 0 Å². The van der Waals surface area contributed by atoms with Gasteiger partial charge in [0.25, 0.3) is 0 Å². The molecule has 19 heavy (non-hydrogen) atoms. The summed E-state index contributed by atoms with van der Waals surface area (Å²) in [4.78, 5) is 10.7. The van der Waals surface area contributed by atoms with Crippen molar-refractivity contribution in [3.8, 4) is 0 Å². The van der Waals surface area contributed by atoms with Crippen LogP contribution in [0, 0.1) is 0 Å². The summed E-state index contributed by atoms with van der Waals surface area (Å²) in [7, 11) is 1.63. The van der Waals surface area contributed by atoms with Crippen LogP contribution in [0.15, 0.2) is 24.3 Å². The number of methoxy groups -OCH3 is 1. The third kappa shape index (κ3) is 7.56. The summed E-state index contributed by atoms with van der Waals surface area (Å²) in [6, 6.07) is 7.70. The third-order valence-electron chi connectivity index (χ3n) is 2.33. The molecule has 0 bridgehead atoms. The van der Waals surface area contributed by atoms with Crippen LogP contribution in [0.1, 0.15) is 18.1 Å². The van der Waals surface area contributed by atoms with Gasteiger partial charge in [0.2, 0.25) is 0 Å². The third-order valence-corrected chi connectivity index (χ3v) is 2.33. The Morgan fingerprint density at radius 1 is 1.00 bits per heavy atom. The molecule has 0 N–H and O–H groups in total. The van der Waals surface area contributed by atoms with E-state index in [-0.39, 0.29) is 12.8 Å². The largest absolute Gasteiger partial charge is 0.461 e. The van der Waals surface area contributed by atoms with Crippen LogP contribution >= 0.6 is 0 Å². The summed E-state index contributed by atoms with van der Waals surface area (Å²) in [6.07, 6.45) is 0. The Kier molecular flexibility index (Phi) is 7.81. The van der Waals surface area contributed by atoms with Gasteiger partial charge in [-0.15, -0.1) is 0 Å². The molecule has 5 nitrogen and oxygen atoms in total. The van der Waals surface area contributed by atoms with Crippen LogP contribution in [0.5, 0.6) is 0 Å². The van der Waals surface area contributed by atoms with E-state index in [0.717, 1.165) is 11.1 Å². The summed E-state index contributed by atoms with van der Waals surface area (Å²) < 4.78 is 20.3. The van der Waals surface area contributed by atoms with Gasteiger partial charge in [0, 0.05) is 14.0 Å². The lowest BCUT2D eigenvalue weighted by atomic mass is 10.1. The molecule has 0 amide bonds. The second-order valence-corrected chi connectivity index (χ2v) is 3.96. The maximum atomic E-state index is 10.7. The first kappa shape index (κ1) is 15.6. The van der Waals surface area contributed by atoms with E-state index in [2.05, 4.69) is 0 Å². The van der Waals surface area contributed by atoms with Crippen LogP contribution in [-0.4, -0.2) is 33.1 Å². The van der Waals surface area contributed by atoms with E-state index >= 15 is 0 Å². The van der Waals surface area contributed by atoms with E-state index in [4.69, 9.17) is 18.9 Å². The fourth-order valence-corrected chi connectivity index (χ4v) is 1.34. The molecule has 0 atom stereocenters. The lowest BCUT2D eigenvalue weighted by Gasteiger charge is -2.07. The number of carbonyl (C=O) groups excluding carboxylic acids is 1. The van der Waals surface area contributed by atoms with Crippen molar-refractivity contribution in [2.75, 3.05) is 27.1 Å². The minimum Gasteiger partial charge on any atom is -0.461 e. The van der Waals surface area contributed by atoms with Gasteiger partial charge in [0.1, 0.15) is 13.4 Å². The number of benzene rings is 1. The minimum absolute atomic E-state index is 0.249. The Hall–Kier alpha value is -1.43. The monoisotopic (exact) mass is 268 g/mol. The molecule has 0 unspecified atom stereocenters. The molecule has 0 aliphatic carbocycles. The molecule has 1 aromatic carbocycles. The van der Waals surface area contributed by atoms with Crippen LogP contribution in [0.4, 0.5) is 0 Å². The van der Waals surface area contributed by atoms with Gasteiger partial charge in [-0.3, -0.25) is 4.79 Å². The van der Waals surface area contributed by atoms with Gasteiger partial charge < -0.3 is 18.9 Å². The zero-order valence-electron chi connectivity index (χ0n) is 11.4. The molecule has 1 aromatic rings. The number of hydrogen-bond acceptors (Lipinski definition) is 5. The highest BCUT2D eigenvalue weighted by molar-refractivity contribution is 5.65. The molecule has 0 spiro atoms. The van der Waals surface area contributed by atoms with Gasteiger partial charge in [-0.1, -0.05) is 24.3 Å². The Morgan fingerprint density at radius 2 is 1.63 bits per heavy atom. The van der Waals surface area contributed by atoms with Gasteiger partial charge in [-0.05, 0) is 11.1 Å². The maximum Gasteiger partial charge on any atom is 0.302 e. The van der Waals surface area contributed by atoms with Crippen molar-refractivity contribution in [2.24, 2.45) is 0 Å². The SMILES string of the molecule is COCCOCOCc1ccc(COC(C)=O)cc1. The Labute approximate surface area is 113 Å². The summed E-state index contributed by atoms with van der Waals surface area (Å²) >= 11 is 0. The summed E-state index contributed by atoms with van der Waals surface area (Å²) in [6.45, 7) is 3.52. The fourth-order valence-electron chi connectivity index (χ4n) is 1.34. The highest BCUT2D eigenvalue weighted by Crippen LogP contribution is 2.07. The first-order chi connectivity index (χ1) is 9.22. The molecule has 0 aliphatic rings. The normalized spacial score (nSPS) is 10.4. The van der Waals surface area contributed by atoms with E-state index in [1.165, 1.54) is 6.92 Å². The average Bonchev–Trinajstić information content (AvgIpc) is 2.41. The van der Waals surface area contributed by atoms with Crippen molar-refractivity contribution in [1.82, 2.24) is 0 Å². The van der Waals surface area contributed by atoms with Crippen LogP contribution in [0.3, 0.4) is 0 Å².